The molecule has 3 rings (SSSR count). The smallest absolute Gasteiger partial charge is 0.101 e. The van der Waals surface area contributed by atoms with Gasteiger partial charge in [-0.3, -0.25) is 0 Å². The molecule has 1 aliphatic rings. The van der Waals surface area contributed by atoms with Crippen LogP contribution in [0.5, 0.6) is 0 Å². The molecule has 0 unspecified atom stereocenters. The summed E-state index contributed by atoms with van der Waals surface area (Å²) in [6.07, 6.45) is 5.11. The second kappa shape index (κ2) is 5.38. The summed E-state index contributed by atoms with van der Waals surface area (Å²) in [6.45, 7) is 4.49. The van der Waals surface area contributed by atoms with Gasteiger partial charge in [-0.15, -0.1) is 0 Å². The minimum Gasteiger partial charge on any atom is -0.250 e. The van der Waals surface area contributed by atoms with E-state index in [2.05, 4.69) is 37.0 Å². The topological polar surface area (TPSA) is 36.7 Å². The van der Waals surface area contributed by atoms with Crippen LogP contribution in [-0.4, -0.2) is 4.98 Å². The molecule has 3 heteroatoms. The van der Waals surface area contributed by atoms with E-state index in [1.165, 1.54) is 16.0 Å². The Morgan fingerprint density at radius 1 is 1.24 bits per heavy atom. The maximum Gasteiger partial charge on any atom is 0.101 e. The van der Waals surface area contributed by atoms with Gasteiger partial charge in [0.05, 0.1) is 11.6 Å². The van der Waals surface area contributed by atoms with Gasteiger partial charge in [-0.2, -0.15) is 5.26 Å². The van der Waals surface area contributed by atoms with Crippen LogP contribution >= 0.6 is 11.8 Å². The molecule has 0 fully saturated rings. The second-order valence-electron chi connectivity index (χ2n) is 5.93. The molecule has 0 aliphatic heterocycles. The number of pyridine rings is 1. The molecular weight excluding hydrogens is 276 g/mol. The Labute approximate surface area is 129 Å². The quantitative estimate of drug-likeness (QED) is 0.807. The first-order valence-electron chi connectivity index (χ1n) is 6.92. The number of allylic oxidation sites excluding steroid dienone is 1. The predicted molar refractivity (Wildman–Crippen MR) is 86.7 cm³/mol. The SMILES string of the molecule is CC1(C)C=C(Sc2ccccn2)c2cc(C#N)ccc2C1. The standard InChI is InChI=1S/C18H16N2S/c1-18(2)10-14-7-6-13(12-19)9-15(14)16(11-18)21-17-5-3-4-8-20-17/h3-9,11H,10H2,1-2H3. The Kier molecular flexibility index (Phi) is 3.57. The zero-order valence-electron chi connectivity index (χ0n) is 12.1. The highest BCUT2D eigenvalue weighted by Crippen LogP contribution is 2.44. The largest absolute Gasteiger partial charge is 0.250 e. The van der Waals surface area contributed by atoms with Crippen molar-refractivity contribution in [3.05, 3.63) is 65.4 Å². The molecule has 1 aromatic heterocycles. The summed E-state index contributed by atoms with van der Waals surface area (Å²) in [5.41, 5.74) is 3.31. The van der Waals surface area contributed by atoms with E-state index in [9.17, 15) is 0 Å². The van der Waals surface area contributed by atoms with E-state index >= 15 is 0 Å². The number of nitrogens with zero attached hydrogens (tertiary/aromatic N) is 2. The lowest BCUT2D eigenvalue weighted by molar-refractivity contribution is 0.474. The van der Waals surface area contributed by atoms with Crippen LogP contribution in [0.25, 0.3) is 4.91 Å². The minimum atomic E-state index is 0.123. The van der Waals surface area contributed by atoms with Gasteiger partial charge in [0.15, 0.2) is 0 Å². The molecule has 0 bridgehead atoms. The van der Waals surface area contributed by atoms with Gasteiger partial charge in [-0.1, -0.05) is 43.8 Å². The van der Waals surface area contributed by atoms with E-state index in [0.717, 1.165) is 11.4 Å². The van der Waals surface area contributed by atoms with Gasteiger partial charge in [0.1, 0.15) is 5.03 Å². The molecule has 1 aliphatic carbocycles. The highest BCUT2D eigenvalue weighted by atomic mass is 32.2. The van der Waals surface area contributed by atoms with E-state index in [4.69, 9.17) is 5.26 Å². The van der Waals surface area contributed by atoms with Gasteiger partial charge in [0.25, 0.3) is 0 Å². The lowest BCUT2D eigenvalue weighted by Gasteiger charge is -2.29. The Morgan fingerprint density at radius 3 is 2.81 bits per heavy atom. The van der Waals surface area contributed by atoms with Crippen LogP contribution in [0.2, 0.25) is 0 Å². The van der Waals surface area contributed by atoms with Crippen molar-refractivity contribution in [2.75, 3.05) is 0 Å². The summed E-state index contributed by atoms with van der Waals surface area (Å²) in [7, 11) is 0. The number of benzene rings is 1. The molecule has 1 aromatic carbocycles. The van der Waals surface area contributed by atoms with E-state index in [-0.39, 0.29) is 5.41 Å². The molecule has 2 aromatic rings. The molecule has 104 valence electrons. The first kappa shape index (κ1) is 13.9. The van der Waals surface area contributed by atoms with Crippen molar-refractivity contribution in [2.24, 2.45) is 5.41 Å². The molecule has 0 radical (unpaired) electrons. The van der Waals surface area contributed by atoms with E-state index < -0.39 is 0 Å². The summed E-state index contributed by atoms with van der Waals surface area (Å²) in [6, 6.07) is 14.1. The number of hydrogen-bond donors (Lipinski definition) is 0. The fourth-order valence-electron chi connectivity index (χ4n) is 2.61. The van der Waals surface area contributed by atoms with Crippen molar-refractivity contribution in [3.8, 4) is 6.07 Å². The summed E-state index contributed by atoms with van der Waals surface area (Å²) < 4.78 is 0. The van der Waals surface area contributed by atoms with Crippen molar-refractivity contribution < 1.29 is 0 Å². The third-order valence-corrected chi connectivity index (χ3v) is 4.53. The number of hydrogen-bond acceptors (Lipinski definition) is 3. The first-order valence-corrected chi connectivity index (χ1v) is 7.74. The summed E-state index contributed by atoms with van der Waals surface area (Å²) >= 11 is 1.67. The van der Waals surface area contributed by atoms with Crippen LogP contribution in [0, 0.1) is 16.7 Å². The lowest BCUT2D eigenvalue weighted by atomic mass is 9.79. The molecule has 0 saturated carbocycles. The number of thioether (sulfide) groups is 1. The average Bonchev–Trinajstić information content (AvgIpc) is 2.47. The zero-order chi connectivity index (χ0) is 14.9. The minimum absolute atomic E-state index is 0.123. The Morgan fingerprint density at radius 2 is 2.10 bits per heavy atom. The van der Waals surface area contributed by atoms with Crippen LogP contribution in [0.15, 0.2) is 53.7 Å². The van der Waals surface area contributed by atoms with E-state index in [1.807, 2.05) is 36.5 Å². The van der Waals surface area contributed by atoms with Gasteiger partial charge >= 0.3 is 0 Å². The van der Waals surface area contributed by atoms with Gasteiger partial charge in [-0.25, -0.2) is 4.98 Å². The van der Waals surface area contributed by atoms with Gasteiger partial charge in [-0.05, 0) is 47.2 Å². The Balaban J connectivity index is 2.05. The number of aromatic nitrogens is 1. The molecule has 0 atom stereocenters. The summed E-state index contributed by atoms with van der Waals surface area (Å²) in [5.74, 6) is 0. The number of fused-ring (bicyclic) bond motifs is 1. The van der Waals surface area contributed by atoms with Crippen molar-refractivity contribution in [3.63, 3.8) is 0 Å². The van der Waals surface area contributed by atoms with Crippen molar-refractivity contribution in [1.82, 2.24) is 4.98 Å². The molecular formula is C18H16N2S. The predicted octanol–water partition coefficient (Wildman–Crippen LogP) is 4.67. The van der Waals surface area contributed by atoms with Crippen LogP contribution in [0.1, 0.15) is 30.5 Å². The summed E-state index contributed by atoms with van der Waals surface area (Å²) in [4.78, 5) is 5.58. The molecule has 0 amide bonds. The molecule has 1 heterocycles. The Hall–Kier alpha value is -2.05. The first-order chi connectivity index (χ1) is 10.1. The fourth-order valence-corrected chi connectivity index (χ4v) is 3.77. The fraction of sp³-hybridized carbons (Fsp3) is 0.222. The normalized spacial score (nSPS) is 15.8. The van der Waals surface area contributed by atoms with Crippen LogP contribution in [0.3, 0.4) is 0 Å². The Bertz CT molecular complexity index is 740. The highest BCUT2D eigenvalue weighted by molar-refractivity contribution is 8.08. The maximum atomic E-state index is 9.13. The second-order valence-corrected chi connectivity index (χ2v) is 6.99. The number of rotatable bonds is 2. The third-order valence-electron chi connectivity index (χ3n) is 3.52. The molecule has 21 heavy (non-hydrogen) atoms. The van der Waals surface area contributed by atoms with Crippen LogP contribution < -0.4 is 0 Å². The molecule has 0 saturated heterocycles. The van der Waals surface area contributed by atoms with Crippen LogP contribution in [0.4, 0.5) is 0 Å². The van der Waals surface area contributed by atoms with E-state index in [1.54, 1.807) is 11.8 Å². The van der Waals surface area contributed by atoms with Crippen LogP contribution in [-0.2, 0) is 6.42 Å². The third kappa shape index (κ3) is 3.01. The number of nitriles is 1. The molecule has 0 N–H and O–H groups in total. The monoisotopic (exact) mass is 292 g/mol. The molecule has 2 nitrogen and oxygen atoms in total. The zero-order valence-corrected chi connectivity index (χ0v) is 12.9. The van der Waals surface area contributed by atoms with Crippen molar-refractivity contribution >= 4 is 16.7 Å². The highest BCUT2D eigenvalue weighted by Gasteiger charge is 2.26. The maximum absolute atomic E-state index is 9.13. The summed E-state index contributed by atoms with van der Waals surface area (Å²) in [5, 5.41) is 10.1. The van der Waals surface area contributed by atoms with Gasteiger partial charge in [0, 0.05) is 11.1 Å². The molecule has 0 spiro atoms. The lowest BCUT2D eigenvalue weighted by Crippen LogP contribution is -2.17. The average molecular weight is 292 g/mol. The van der Waals surface area contributed by atoms with Gasteiger partial charge in [0.2, 0.25) is 0 Å². The van der Waals surface area contributed by atoms with E-state index in [0.29, 0.717) is 5.56 Å². The van der Waals surface area contributed by atoms with Gasteiger partial charge < -0.3 is 0 Å². The van der Waals surface area contributed by atoms with Crippen molar-refractivity contribution in [2.45, 2.75) is 25.3 Å². The van der Waals surface area contributed by atoms with Crippen molar-refractivity contribution in [1.29, 1.82) is 5.26 Å².